The van der Waals surface area contributed by atoms with Crippen molar-refractivity contribution in [2.24, 2.45) is 0 Å². The number of hydrogen-bond acceptors (Lipinski definition) is 3. The number of aromatic nitrogens is 1. The summed E-state index contributed by atoms with van der Waals surface area (Å²) in [5.74, 6) is -0.280. The Morgan fingerprint density at radius 2 is 1.70 bits per heavy atom. The number of carbonyl (C=O) groups is 2. The summed E-state index contributed by atoms with van der Waals surface area (Å²) in [5, 5.41) is 1.16. The molecule has 1 heterocycles. The minimum Gasteiger partial charge on any atom is -0.469 e. The van der Waals surface area contributed by atoms with E-state index in [1.54, 1.807) is 4.90 Å². The van der Waals surface area contributed by atoms with Crippen LogP contribution < -0.4 is 0 Å². The predicted molar refractivity (Wildman–Crippen MR) is 105 cm³/mol. The molecule has 0 aliphatic carbocycles. The van der Waals surface area contributed by atoms with Crippen LogP contribution in [0.25, 0.3) is 10.9 Å². The zero-order chi connectivity index (χ0) is 19.1. The highest BCUT2D eigenvalue weighted by molar-refractivity contribution is 5.81. The number of esters is 1. The van der Waals surface area contributed by atoms with Crippen LogP contribution >= 0.6 is 0 Å². The lowest BCUT2D eigenvalue weighted by Crippen LogP contribution is -2.33. The standard InChI is InChI=1S/C22H24N2O3/c1-27-22(26)13-16-24(17-18-7-3-2-4-8-18)21(25)12-15-23-14-11-19-9-5-6-10-20(19)23/h2-11,14H,12-13,15-17H2,1H3. The van der Waals surface area contributed by atoms with E-state index < -0.39 is 0 Å². The summed E-state index contributed by atoms with van der Waals surface area (Å²) >= 11 is 0. The normalized spacial score (nSPS) is 10.7. The van der Waals surface area contributed by atoms with Crippen LogP contribution in [-0.4, -0.2) is 35.0 Å². The molecule has 3 rings (SSSR count). The van der Waals surface area contributed by atoms with E-state index in [9.17, 15) is 9.59 Å². The van der Waals surface area contributed by atoms with Gasteiger partial charge < -0.3 is 14.2 Å². The third kappa shape index (κ3) is 4.97. The second-order valence-electron chi connectivity index (χ2n) is 6.44. The molecule has 1 amide bonds. The van der Waals surface area contributed by atoms with Crippen LogP contribution in [0, 0.1) is 0 Å². The molecule has 2 aromatic carbocycles. The average molecular weight is 364 g/mol. The first-order chi connectivity index (χ1) is 13.2. The maximum absolute atomic E-state index is 12.8. The third-order valence-electron chi connectivity index (χ3n) is 4.63. The summed E-state index contributed by atoms with van der Waals surface area (Å²) in [5.41, 5.74) is 2.16. The number of fused-ring (bicyclic) bond motifs is 1. The van der Waals surface area contributed by atoms with E-state index in [1.165, 1.54) is 7.11 Å². The number of hydrogen-bond donors (Lipinski definition) is 0. The van der Waals surface area contributed by atoms with Crippen molar-refractivity contribution in [1.29, 1.82) is 0 Å². The van der Waals surface area contributed by atoms with E-state index in [2.05, 4.69) is 22.8 Å². The molecule has 1 aromatic heterocycles. The van der Waals surface area contributed by atoms with E-state index in [-0.39, 0.29) is 18.3 Å². The van der Waals surface area contributed by atoms with Crippen molar-refractivity contribution in [3.63, 3.8) is 0 Å². The van der Waals surface area contributed by atoms with Crippen LogP contribution in [-0.2, 0) is 27.4 Å². The summed E-state index contributed by atoms with van der Waals surface area (Å²) in [6.45, 7) is 1.45. The van der Waals surface area contributed by atoms with E-state index in [0.717, 1.165) is 16.5 Å². The number of aryl methyl sites for hydroxylation is 1. The first-order valence-electron chi connectivity index (χ1n) is 9.10. The summed E-state index contributed by atoms with van der Waals surface area (Å²) in [6.07, 6.45) is 2.59. The van der Waals surface area contributed by atoms with E-state index in [4.69, 9.17) is 4.74 Å². The maximum Gasteiger partial charge on any atom is 0.307 e. The smallest absolute Gasteiger partial charge is 0.307 e. The monoisotopic (exact) mass is 364 g/mol. The zero-order valence-corrected chi connectivity index (χ0v) is 15.5. The third-order valence-corrected chi connectivity index (χ3v) is 4.63. The second kappa shape index (κ2) is 9.03. The first kappa shape index (κ1) is 18.7. The van der Waals surface area contributed by atoms with Gasteiger partial charge in [-0.2, -0.15) is 0 Å². The molecule has 5 heteroatoms. The van der Waals surface area contributed by atoms with Crippen molar-refractivity contribution < 1.29 is 14.3 Å². The van der Waals surface area contributed by atoms with E-state index >= 15 is 0 Å². The van der Waals surface area contributed by atoms with Gasteiger partial charge in [-0.3, -0.25) is 9.59 Å². The minimum atomic E-state index is -0.308. The Morgan fingerprint density at radius 1 is 0.963 bits per heavy atom. The fraction of sp³-hybridized carbons (Fsp3) is 0.273. The number of carbonyl (C=O) groups excluding carboxylic acids is 2. The zero-order valence-electron chi connectivity index (χ0n) is 15.5. The molecule has 0 radical (unpaired) electrons. The topological polar surface area (TPSA) is 51.5 Å². The van der Waals surface area contributed by atoms with Crippen molar-refractivity contribution >= 4 is 22.8 Å². The van der Waals surface area contributed by atoms with Gasteiger partial charge in [0.25, 0.3) is 0 Å². The van der Waals surface area contributed by atoms with Gasteiger partial charge in [0.05, 0.1) is 13.5 Å². The van der Waals surface area contributed by atoms with Crippen LogP contribution in [0.4, 0.5) is 0 Å². The van der Waals surface area contributed by atoms with Gasteiger partial charge >= 0.3 is 5.97 Å². The molecule has 5 nitrogen and oxygen atoms in total. The SMILES string of the molecule is COC(=O)CCN(Cc1ccccc1)C(=O)CCn1ccc2ccccc21. The van der Waals surface area contributed by atoms with Crippen LogP contribution in [0.3, 0.4) is 0 Å². The fourth-order valence-corrected chi connectivity index (χ4v) is 3.13. The Labute approximate surface area is 159 Å². The molecule has 27 heavy (non-hydrogen) atoms. The molecule has 0 aliphatic heterocycles. The van der Waals surface area contributed by atoms with Gasteiger partial charge in [-0.15, -0.1) is 0 Å². The van der Waals surface area contributed by atoms with Gasteiger partial charge in [-0.1, -0.05) is 48.5 Å². The Bertz CT molecular complexity index is 902. The van der Waals surface area contributed by atoms with Gasteiger partial charge in [0, 0.05) is 37.8 Å². The lowest BCUT2D eigenvalue weighted by molar-refractivity contribution is -0.142. The number of methoxy groups -OCH3 is 1. The van der Waals surface area contributed by atoms with Crippen molar-refractivity contribution in [3.05, 3.63) is 72.4 Å². The number of benzene rings is 2. The van der Waals surface area contributed by atoms with Crippen LogP contribution in [0.5, 0.6) is 0 Å². The van der Waals surface area contributed by atoms with Gasteiger partial charge in [0.15, 0.2) is 0 Å². The second-order valence-corrected chi connectivity index (χ2v) is 6.44. The van der Waals surface area contributed by atoms with Crippen LogP contribution in [0.2, 0.25) is 0 Å². The Morgan fingerprint density at radius 3 is 2.48 bits per heavy atom. The quantitative estimate of drug-likeness (QED) is 0.574. The molecular weight excluding hydrogens is 340 g/mol. The fourth-order valence-electron chi connectivity index (χ4n) is 3.13. The minimum absolute atomic E-state index is 0.0283. The highest BCUT2D eigenvalue weighted by Crippen LogP contribution is 2.16. The molecule has 0 atom stereocenters. The van der Waals surface area contributed by atoms with Gasteiger partial charge in [-0.25, -0.2) is 0 Å². The Balaban J connectivity index is 1.66. The van der Waals surface area contributed by atoms with Gasteiger partial charge in [0.2, 0.25) is 5.91 Å². The molecule has 0 saturated heterocycles. The van der Waals surface area contributed by atoms with Gasteiger partial charge in [-0.05, 0) is 23.1 Å². The number of ether oxygens (including phenoxy) is 1. The lowest BCUT2D eigenvalue weighted by Gasteiger charge is -2.23. The van der Waals surface area contributed by atoms with Crippen LogP contribution in [0.1, 0.15) is 18.4 Å². The summed E-state index contributed by atoms with van der Waals surface area (Å²) in [7, 11) is 1.36. The maximum atomic E-state index is 12.8. The lowest BCUT2D eigenvalue weighted by atomic mass is 10.2. The van der Waals surface area contributed by atoms with Crippen molar-refractivity contribution in [2.75, 3.05) is 13.7 Å². The number of amides is 1. The molecular formula is C22H24N2O3. The number of para-hydroxylation sites is 1. The largest absolute Gasteiger partial charge is 0.469 e. The number of rotatable bonds is 8. The Hall–Kier alpha value is -3.08. The number of nitrogens with zero attached hydrogens (tertiary/aromatic N) is 2. The predicted octanol–water partition coefficient (Wildman–Crippen LogP) is 3.62. The van der Waals surface area contributed by atoms with Crippen molar-refractivity contribution in [2.45, 2.75) is 25.9 Å². The highest BCUT2D eigenvalue weighted by Gasteiger charge is 2.16. The summed E-state index contributed by atoms with van der Waals surface area (Å²) < 4.78 is 6.81. The molecule has 0 fully saturated rings. The van der Waals surface area contributed by atoms with Gasteiger partial charge in [0.1, 0.15) is 0 Å². The molecule has 3 aromatic rings. The molecule has 0 aliphatic rings. The first-order valence-corrected chi connectivity index (χ1v) is 9.10. The molecule has 0 bridgehead atoms. The molecule has 0 spiro atoms. The summed E-state index contributed by atoms with van der Waals surface area (Å²) in [4.78, 5) is 26.1. The summed E-state index contributed by atoms with van der Waals surface area (Å²) in [6, 6.07) is 20.0. The molecule has 0 saturated carbocycles. The highest BCUT2D eigenvalue weighted by atomic mass is 16.5. The molecule has 0 unspecified atom stereocenters. The molecule has 0 N–H and O–H groups in total. The van der Waals surface area contributed by atoms with E-state index in [0.29, 0.717) is 26.1 Å². The van der Waals surface area contributed by atoms with Crippen molar-refractivity contribution in [3.8, 4) is 0 Å². The van der Waals surface area contributed by atoms with Crippen molar-refractivity contribution in [1.82, 2.24) is 9.47 Å². The van der Waals surface area contributed by atoms with E-state index in [1.807, 2.05) is 48.7 Å². The average Bonchev–Trinajstić information content (AvgIpc) is 3.13. The van der Waals surface area contributed by atoms with Crippen LogP contribution in [0.15, 0.2) is 66.9 Å². The Kier molecular flexibility index (Phi) is 6.26. The molecule has 140 valence electrons.